The second-order valence-electron chi connectivity index (χ2n) is 3.23. The molecule has 1 amide bonds. The summed E-state index contributed by atoms with van der Waals surface area (Å²) in [5.74, 6) is -0.172. The summed E-state index contributed by atoms with van der Waals surface area (Å²) in [7, 11) is 0. The van der Waals surface area contributed by atoms with Crippen LogP contribution in [0.25, 0.3) is 0 Å². The van der Waals surface area contributed by atoms with E-state index in [9.17, 15) is 13.6 Å². The van der Waals surface area contributed by atoms with E-state index < -0.39 is 23.6 Å². The molecule has 84 valence electrons. The van der Waals surface area contributed by atoms with Crippen molar-refractivity contribution in [3.63, 3.8) is 0 Å². The van der Waals surface area contributed by atoms with Gasteiger partial charge in [-0.25, -0.2) is 8.78 Å². The van der Waals surface area contributed by atoms with E-state index in [-0.39, 0.29) is 5.56 Å². The zero-order valence-electron chi connectivity index (χ0n) is 8.76. The second kappa shape index (κ2) is 5.26. The molecule has 1 aromatic carbocycles. The van der Waals surface area contributed by atoms with E-state index in [4.69, 9.17) is 6.42 Å². The summed E-state index contributed by atoms with van der Waals surface area (Å²) in [6.07, 6.45) is 5.74. The third-order valence-electron chi connectivity index (χ3n) is 2.10. The van der Waals surface area contributed by atoms with Crippen molar-refractivity contribution >= 4 is 5.91 Å². The molecule has 1 aromatic rings. The van der Waals surface area contributed by atoms with Crippen LogP contribution in [0.2, 0.25) is 0 Å². The highest BCUT2D eigenvalue weighted by Crippen LogP contribution is 2.08. The number of rotatable bonds is 3. The molecule has 0 aliphatic rings. The first-order valence-corrected chi connectivity index (χ1v) is 4.80. The molecule has 2 nitrogen and oxygen atoms in total. The van der Waals surface area contributed by atoms with Gasteiger partial charge in [0.25, 0.3) is 5.91 Å². The van der Waals surface area contributed by atoms with Gasteiger partial charge >= 0.3 is 0 Å². The Balaban J connectivity index is 2.81. The molecule has 0 spiro atoms. The fourth-order valence-electron chi connectivity index (χ4n) is 1.14. The third kappa shape index (κ3) is 2.80. The lowest BCUT2D eigenvalue weighted by molar-refractivity contribution is 0.0944. The van der Waals surface area contributed by atoms with Crippen LogP contribution in [0.4, 0.5) is 8.78 Å². The summed E-state index contributed by atoms with van der Waals surface area (Å²) < 4.78 is 25.5. The number of halogens is 2. The number of hydrogen-bond acceptors (Lipinski definition) is 1. The van der Waals surface area contributed by atoms with Gasteiger partial charge in [-0.15, -0.1) is 6.42 Å². The number of hydrogen-bond donors (Lipinski definition) is 1. The molecule has 0 heterocycles. The minimum absolute atomic E-state index is 0.0487. The molecule has 1 unspecified atom stereocenters. The van der Waals surface area contributed by atoms with Gasteiger partial charge in [0, 0.05) is 5.56 Å². The van der Waals surface area contributed by atoms with Crippen LogP contribution < -0.4 is 5.32 Å². The molecule has 4 heteroatoms. The number of amides is 1. The monoisotopic (exact) mass is 223 g/mol. The van der Waals surface area contributed by atoms with Crippen LogP contribution in [0.3, 0.4) is 0 Å². The number of carbonyl (C=O) groups excluding carboxylic acids is 1. The largest absolute Gasteiger partial charge is 0.338 e. The van der Waals surface area contributed by atoms with E-state index in [1.807, 2.05) is 6.92 Å². The maximum absolute atomic E-state index is 12.8. The summed E-state index contributed by atoms with van der Waals surface area (Å²) in [6.45, 7) is 1.82. The molecule has 0 saturated carbocycles. The number of nitrogens with one attached hydrogen (secondary N) is 1. The third-order valence-corrected chi connectivity index (χ3v) is 2.10. The summed E-state index contributed by atoms with van der Waals surface area (Å²) in [6, 6.07) is 2.55. The van der Waals surface area contributed by atoms with Crippen molar-refractivity contribution in [1.82, 2.24) is 5.32 Å². The van der Waals surface area contributed by atoms with Crippen LogP contribution in [-0.4, -0.2) is 11.9 Å². The molecule has 0 aliphatic carbocycles. The Morgan fingerprint density at radius 3 is 2.69 bits per heavy atom. The van der Waals surface area contributed by atoms with Crippen molar-refractivity contribution in [3.8, 4) is 12.3 Å². The average molecular weight is 223 g/mol. The van der Waals surface area contributed by atoms with Crippen LogP contribution in [0.15, 0.2) is 18.2 Å². The lowest BCUT2D eigenvalue weighted by atomic mass is 10.1. The SMILES string of the molecule is C#CC(CC)NC(=O)c1ccc(F)c(F)c1. The van der Waals surface area contributed by atoms with Gasteiger partial charge < -0.3 is 5.32 Å². The van der Waals surface area contributed by atoms with Crippen molar-refractivity contribution in [2.75, 3.05) is 0 Å². The van der Waals surface area contributed by atoms with Crippen LogP contribution >= 0.6 is 0 Å². The van der Waals surface area contributed by atoms with Gasteiger partial charge in [0.1, 0.15) is 0 Å². The molecular formula is C12H11F2NO. The highest BCUT2D eigenvalue weighted by Gasteiger charge is 2.12. The molecule has 0 radical (unpaired) electrons. The van der Waals surface area contributed by atoms with Crippen molar-refractivity contribution in [2.45, 2.75) is 19.4 Å². The van der Waals surface area contributed by atoms with Gasteiger partial charge in [0.15, 0.2) is 11.6 Å². The van der Waals surface area contributed by atoms with Gasteiger partial charge in [-0.05, 0) is 24.6 Å². The fraction of sp³-hybridized carbons (Fsp3) is 0.250. The van der Waals surface area contributed by atoms with E-state index in [1.54, 1.807) is 0 Å². The van der Waals surface area contributed by atoms with Gasteiger partial charge in [-0.2, -0.15) is 0 Å². The van der Waals surface area contributed by atoms with E-state index in [1.165, 1.54) is 6.07 Å². The standard InChI is InChI=1S/C12H11F2NO/c1-3-9(4-2)15-12(16)8-5-6-10(13)11(14)7-8/h1,5-7,9H,4H2,2H3,(H,15,16). The van der Waals surface area contributed by atoms with Gasteiger partial charge in [0.05, 0.1) is 6.04 Å². The molecule has 16 heavy (non-hydrogen) atoms. The zero-order chi connectivity index (χ0) is 12.1. The van der Waals surface area contributed by atoms with Crippen molar-refractivity contribution < 1.29 is 13.6 Å². The Hall–Kier alpha value is -1.89. The van der Waals surface area contributed by atoms with Gasteiger partial charge in [0.2, 0.25) is 0 Å². The second-order valence-corrected chi connectivity index (χ2v) is 3.23. The maximum atomic E-state index is 12.8. The number of terminal acetylenes is 1. The van der Waals surface area contributed by atoms with E-state index in [0.29, 0.717) is 6.42 Å². The predicted molar refractivity (Wildman–Crippen MR) is 56.7 cm³/mol. The molecule has 1 atom stereocenters. The van der Waals surface area contributed by atoms with Crippen LogP contribution in [-0.2, 0) is 0 Å². The van der Waals surface area contributed by atoms with Gasteiger partial charge in [-0.3, -0.25) is 4.79 Å². The highest BCUT2D eigenvalue weighted by atomic mass is 19.2. The van der Waals surface area contributed by atoms with Crippen molar-refractivity contribution in [3.05, 3.63) is 35.4 Å². The zero-order valence-corrected chi connectivity index (χ0v) is 8.76. The Kier molecular flexibility index (Phi) is 4.01. The quantitative estimate of drug-likeness (QED) is 0.781. The molecule has 0 fully saturated rings. The molecule has 1 rings (SSSR count). The van der Waals surface area contributed by atoms with E-state index >= 15 is 0 Å². The smallest absolute Gasteiger partial charge is 0.252 e. The lowest BCUT2D eigenvalue weighted by Crippen LogP contribution is -2.33. The average Bonchev–Trinajstić information content (AvgIpc) is 2.29. The predicted octanol–water partition coefficient (Wildman–Crippen LogP) is 2.11. The summed E-state index contributed by atoms with van der Waals surface area (Å²) in [5, 5.41) is 2.52. The van der Waals surface area contributed by atoms with Crippen LogP contribution in [0.1, 0.15) is 23.7 Å². The first-order chi connectivity index (χ1) is 7.58. The Morgan fingerprint density at radius 1 is 1.50 bits per heavy atom. The van der Waals surface area contributed by atoms with E-state index in [0.717, 1.165) is 12.1 Å². The molecule has 0 aromatic heterocycles. The first-order valence-electron chi connectivity index (χ1n) is 4.80. The number of carbonyl (C=O) groups is 1. The Labute approximate surface area is 92.7 Å². The maximum Gasteiger partial charge on any atom is 0.252 e. The molecule has 0 bridgehead atoms. The van der Waals surface area contributed by atoms with E-state index in [2.05, 4.69) is 11.2 Å². The summed E-state index contributed by atoms with van der Waals surface area (Å²) >= 11 is 0. The molecule has 0 saturated heterocycles. The lowest BCUT2D eigenvalue weighted by Gasteiger charge is -2.10. The topological polar surface area (TPSA) is 29.1 Å². The normalized spacial score (nSPS) is 11.6. The minimum Gasteiger partial charge on any atom is -0.338 e. The summed E-state index contributed by atoms with van der Waals surface area (Å²) in [5.41, 5.74) is 0.0487. The van der Waals surface area contributed by atoms with Crippen molar-refractivity contribution in [1.29, 1.82) is 0 Å². The fourth-order valence-corrected chi connectivity index (χ4v) is 1.14. The van der Waals surface area contributed by atoms with Crippen LogP contribution in [0.5, 0.6) is 0 Å². The highest BCUT2D eigenvalue weighted by molar-refractivity contribution is 5.94. The molecule has 1 N–H and O–H groups in total. The number of benzene rings is 1. The Bertz CT molecular complexity index is 437. The van der Waals surface area contributed by atoms with Gasteiger partial charge in [-0.1, -0.05) is 12.8 Å². The van der Waals surface area contributed by atoms with Crippen molar-refractivity contribution in [2.24, 2.45) is 0 Å². The molecular weight excluding hydrogens is 212 g/mol. The minimum atomic E-state index is -1.05. The first kappa shape index (κ1) is 12.2. The molecule has 0 aliphatic heterocycles. The van der Waals surface area contributed by atoms with Crippen LogP contribution in [0, 0.1) is 24.0 Å². The summed E-state index contributed by atoms with van der Waals surface area (Å²) in [4.78, 5) is 11.5. The Morgan fingerprint density at radius 2 is 2.19 bits per heavy atom.